The Balaban J connectivity index is 0. The number of hydrogen-bond donors (Lipinski definition) is 0. The Bertz CT molecular complexity index is 53.7. The van der Waals surface area contributed by atoms with Crippen LogP contribution in [0.3, 0.4) is 0 Å². The van der Waals surface area contributed by atoms with E-state index in [0.717, 1.165) is 0 Å². The minimum Gasteiger partial charge on any atom is 3.00 e. The molecule has 0 spiro atoms. The van der Waals surface area contributed by atoms with Gasteiger partial charge in [0, 0.05) is 0 Å². The molecule has 0 aliphatic carbocycles. The van der Waals surface area contributed by atoms with Crippen molar-refractivity contribution in [2.45, 2.75) is 0 Å². The summed E-state index contributed by atoms with van der Waals surface area (Å²) >= 11 is -5.88. The smallest absolute Gasteiger partial charge is 3.00 e. The van der Waals surface area contributed by atoms with E-state index < -0.39 is 14.5 Å². The molecule has 0 bridgehead atoms. The SMILES string of the molecule is O=[As]([O-])([O-])[O-].[Er+3]. The van der Waals surface area contributed by atoms with Crippen LogP contribution in [0.25, 0.3) is 0 Å². The zero-order chi connectivity index (χ0) is 4.50. The van der Waals surface area contributed by atoms with Gasteiger partial charge in [0.2, 0.25) is 0 Å². The van der Waals surface area contributed by atoms with E-state index in [9.17, 15) is 0 Å². The van der Waals surface area contributed by atoms with Gasteiger partial charge in [0.05, 0.1) is 0 Å². The molecule has 0 heterocycles. The van der Waals surface area contributed by atoms with Crippen molar-refractivity contribution in [3.8, 4) is 0 Å². The first-order valence-electron chi connectivity index (χ1n) is 0.730. The Kier molecular flexibility index (Phi) is 6.07. The Labute approximate surface area is 67.1 Å². The summed E-state index contributed by atoms with van der Waals surface area (Å²) in [6, 6.07) is 0. The molecule has 0 saturated carbocycles. The number of hydrogen-bond acceptors (Lipinski definition) is 4. The predicted octanol–water partition coefficient (Wildman–Crippen LogP) is -4.07. The van der Waals surface area contributed by atoms with E-state index in [0.29, 0.717) is 0 Å². The standard InChI is InChI=1S/AsH3O4.Er/c2-1(3,4)5;/h(H3,2,3,4,5);/q;+3/p-3. The molecule has 0 aromatic carbocycles. The van der Waals surface area contributed by atoms with E-state index in [2.05, 4.69) is 0 Å². The van der Waals surface area contributed by atoms with Crippen LogP contribution in [0.1, 0.15) is 0 Å². The van der Waals surface area contributed by atoms with Crippen LogP contribution in [0.2, 0.25) is 0 Å². The molecule has 4 nitrogen and oxygen atoms in total. The van der Waals surface area contributed by atoms with Crippen molar-refractivity contribution in [1.29, 1.82) is 0 Å². The molecule has 0 saturated heterocycles. The molecule has 0 rings (SSSR count). The molecule has 0 unspecified atom stereocenters. The van der Waals surface area contributed by atoms with E-state index in [1.54, 1.807) is 0 Å². The normalized spacial score (nSPS) is 9.83. The van der Waals surface area contributed by atoms with Crippen molar-refractivity contribution in [1.82, 2.24) is 0 Å². The molecule has 0 aromatic rings. The average molecular weight is 306 g/mol. The fourth-order valence-corrected chi connectivity index (χ4v) is 0. The first kappa shape index (κ1) is 10.5. The summed E-state index contributed by atoms with van der Waals surface area (Å²) in [5, 5.41) is 0. The summed E-state index contributed by atoms with van der Waals surface area (Å²) < 4.78 is 34.4. The van der Waals surface area contributed by atoms with Crippen LogP contribution in [0, 0.1) is 37.3 Å². The summed E-state index contributed by atoms with van der Waals surface area (Å²) in [5.74, 6) is 0. The van der Waals surface area contributed by atoms with Gasteiger partial charge < -0.3 is 0 Å². The Morgan fingerprint density at radius 2 is 1.17 bits per heavy atom. The van der Waals surface area contributed by atoms with Gasteiger partial charge in [0.1, 0.15) is 0 Å². The summed E-state index contributed by atoms with van der Waals surface area (Å²) in [7, 11) is 0. The third-order valence-electron chi connectivity index (χ3n) is 0. The zero-order valence-electron chi connectivity index (χ0n) is 2.37. The number of rotatable bonds is 0. The second-order valence-corrected chi connectivity index (χ2v) is 2.32. The largest absolute Gasteiger partial charge is 3.00 e. The minimum atomic E-state index is -5.88. The van der Waals surface area contributed by atoms with E-state index in [-0.39, 0.29) is 37.3 Å². The van der Waals surface area contributed by atoms with E-state index >= 15 is 0 Å². The Morgan fingerprint density at radius 3 is 1.17 bits per heavy atom. The summed E-state index contributed by atoms with van der Waals surface area (Å²) in [5.41, 5.74) is 0. The van der Waals surface area contributed by atoms with E-state index in [1.807, 2.05) is 0 Å². The van der Waals surface area contributed by atoms with Gasteiger partial charge in [-0.25, -0.2) is 0 Å². The summed E-state index contributed by atoms with van der Waals surface area (Å²) in [6.07, 6.45) is 0. The predicted molar refractivity (Wildman–Crippen MR) is 6.44 cm³/mol. The van der Waals surface area contributed by atoms with Gasteiger partial charge in [-0.05, 0) is 0 Å². The van der Waals surface area contributed by atoms with Crippen LogP contribution in [-0.4, -0.2) is 14.5 Å². The van der Waals surface area contributed by atoms with Crippen molar-refractivity contribution in [2.75, 3.05) is 0 Å². The topological polar surface area (TPSA) is 86.2 Å². The van der Waals surface area contributed by atoms with Crippen LogP contribution in [0.15, 0.2) is 0 Å². The molecule has 0 aromatic heterocycles. The van der Waals surface area contributed by atoms with Gasteiger partial charge in [-0.15, -0.1) is 0 Å². The van der Waals surface area contributed by atoms with E-state index in [1.165, 1.54) is 0 Å². The maximum atomic E-state index is 8.61. The van der Waals surface area contributed by atoms with Gasteiger partial charge in [0.15, 0.2) is 0 Å². The molecular formula is AsErO4. The molecule has 41 valence electrons. The van der Waals surface area contributed by atoms with Crippen LogP contribution in [-0.2, 0) is 3.74 Å². The maximum Gasteiger partial charge on any atom is 3.00 e. The van der Waals surface area contributed by atoms with Crippen LogP contribution in [0.4, 0.5) is 0 Å². The third kappa shape index (κ3) is 50.0. The minimum absolute atomic E-state index is 0. The molecule has 0 atom stereocenters. The van der Waals surface area contributed by atoms with Gasteiger partial charge in [0.25, 0.3) is 0 Å². The molecule has 6 heteroatoms. The molecule has 1 radical (unpaired) electrons. The fraction of sp³-hybridized carbons (Fsp3) is 0. The summed E-state index contributed by atoms with van der Waals surface area (Å²) in [4.78, 5) is 0. The van der Waals surface area contributed by atoms with Crippen molar-refractivity contribution in [3.63, 3.8) is 0 Å². The van der Waals surface area contributed by atoms with Crippen molar-refractivity contribution < 1.29 is 53.3 Å². The van der Waals surface area contributed by atoms with Crippen LogP contribution in [0.5, 0.6) is 0 Å². The third-order valence-corrected chi connectivity index (χ3v) is 0. The molecule has 6 heavy (non-hydrogen) atoms. The molecule has 0 amide bonds. The van der Waals surface area contributed by atoms with Crippen molar-refractivity contribution in [3.05, 3.63) is 0 Å². The van der Waals surface area contributed by atoms with Gasteiger partial charge >= 0.3 is 67.8 Å². The first-order chi connectivity index (χ1) is 2.00. The quantitative estimate of drug-likeness (QED) is 0.426. The van der Waals surface area contributed by atoms with Crippen molar-refractivity contribution >= 4 is 14.5 Å². The Morgan fingerprint density at radius 1 is 1.17 bits per heavy atom. The van der Waals surface area contributed by atoms with Crippen LogP contribution < -0.4 is 12.3 Å². The first-order valence-corrected chi connectivity index (χ1v) is 3.79. The Hall–Kier alpha value is 1.49. The molecule has 0 aliphatic heterocycles. The van der Waals surface area contributed by atoms with Crippen molar-refractivity contribution in [2.24, 2.45) is 0 Å². The molecule has 0 N–H and O–H groups in total. The monoisotopic (exact) mass is 305 g/mol. The zero-order valence-corrected chi connectivity index (χ0v) is 6.10. The summed E-state index contributed by atoms with van der Waals surface area (Å²) in [6.45, 7) is 0. The second kappa shape index (κ2) is 3.48. The van der Waals surface area contributed by atoms with Gasteiger partial charge in [-0.3, -0.25) is 0 Å². The fourth-order valence-electron chi connectivity index (χ4n) is 0. The van der Waals surface area contributed by atoms with Gasteiger partial charge in [-0.2, -0.15) is 0 Å². The van der Waals surface area contributed by atoms with Crippen LogP contribution >= 0.6 is 0 Å². The molecular weight excluding hydrogens is 306 g/mol. The average Bonchev–Trinajstić information content (AvgIpc) is 0.722. The molecule has 0 fully saturated rings. The maximum absolute atomic E-state index is 8.61. The molecule has 0 aliphatic rings. The van der Waals surface area contributed by atoms with Gasteiger partial charge in [-0.1, -0.05) is 0 Å². The van der Waals surface area contributed by atoms with E-state index in [4.69, 9.17) is 16.0 Å². The second-order valence-electron chi connectivity index (χ2n) is 0.447.